The van der Waals surface area contributed by atoms with E-state index in [-0.39, 0.29) is 0 Å². The van der Waals surface area contributed by atoms with Gasteiger partial charge in [0.1, 0.15) is 16.8 Å². The van der Waals surface area contributed by atoms with E-state index in [4.69, 9.17) is 0 Å². The molecule has 0 saturated carbocycles. The Morgan fingerprint density at radius 1 is 0.889 bits per heavy atom. The Kier molecular flexibility index (Phi) is 1.71. The Morgan fingerprint density at radius 2 is 1.67 bits per heavy atom. The van der Waals surface area contributed by atoms with Crippen molar-refractivity contribution in [2.45, 2.75) is 37.4 Å². The van der Waals surface area contributed by atoms with Crippen LogP contribution in [0.5, 0.6) is 0 Å². The topological polar surface area (TPSA) is 0 Å². The van der Waals surface area contributed by atoms with Crippen LogP contribution in [-0.2, 0) is 10.9 Å². The predicted octanol–water partition coefficient (Wildman–Crippen LogP) is 1.95. The van der Waals surface area contributed by atoms with Gasteiger partial charge in [0, 0.05) is 0 Å². The largest absolute Gasteiger partial charge is 0.118 e. The van der Waals surface area contributed by atoms with Crippen molar-refractivity contribution in [1.29, 1.82) is 0 Å². The van der Waals surface area contributed by atoms with Crippen molar-refractivity contribution in [1.82, 2.24) is 0 Å². The van der Waals surface area contributed by atoms with E-state index in [9.17, 15) is 0 Å². The monoisotopic (exact) mass is 143 g/mol. The van der Waals surface area contributed by atoms with Gasteiger partial charge in [-0.15, -0.1) is 0 Å². The lowest BCUT2D eigenvalue weighted by atomic mass is 10.1. The molecule has 0 aromatic carbocycles. The van der Waals surface area contributed by atoms with Crippen LogP contribution in [0.2, 0.25) is 0 Å². The number of rotatable bonds is 0. The van der Waals surface area contributed by atoms with Crippen LogP contribution in [0.15, 0.2) is 0 Å². The molecule has 2 rings (SSSR count). The van der Waals surface area contributed by atoms with Crippen molar-refractivity contribution in [2.75, 3.05) is 11.5 Å². The van der Waals surface area contributed by atoms with Gasteiger partial charge in [0.2, 0.25) is 0 Å². The smallest absolute Gasteiger partial charge is 0.0441 e. The van der Waals surface area contributed by atoms with E-state index in [2.05, 4.69) is 0 Å². The third-order valence-corrected chi connectivity index (χ3v) is 5.63. The molecule has 0 bridgehead atoms. The molecule has 2 unspecified atom stereocenters. The number of hydrogen-bond acceptors (Lipinski definition) is 0. The standard InChI is InChI=1S/C8H15S/c1-2-6-9-7-3-5-8(9)4-1/h8H,1-7H2/q+1. The first kappa shape index (κ1) is 6.09. The highest BCUT2D eigenvalue weighted by Crippen LogP contribution is 2.31. The minimum Gasteiger partial charge on any atom is -0.0441 e. The predicted molar refractivity (Wildman–Crippen MR) is 44.0 cm³/mol. The second-order valence-electron chi connectivity index (χ2n) is 3.21. The molecular weight excluding hydrogens is 128 g/mol. The second kappa shape index (κ2) is 2.53. The molecule has 2 saturated heterocycles. The lowest BCUT2D eigenvalue weighted by molar-refractivity contribution is 0.643. The first-order valence-corrected chi connectivity index (χ1v) is 5.76. The molecule has 0 aromatic rings. The maximum absolute atomic E-state index is 1.59. The minimum atomic E-state index is 0.915. The molecule has 52 valence electrons. The van der Waals surface area contributed by atoms with Gasteiger partial charge < -0.3 is 0 Å². The Hall–Kier alpha value is 0.350. The van der Waals surface area contributed by atoms with E-state index in [1.165, 1.54) is 11.7 Å². The SMILES string of the molecule is C1CC[S+]2CCCC2C1. The summed E-state index contributed by atoms with van der Waals surface area (Å²) in [6, 6.07) is 0. The van der Waals surface area contributed by atoms with Crippen LogP contribution in [0.1, 0.15) is 32.1 Å². The maximum atomic E-state index is 1.59. The van der Waals surface area contributed by atoms with Crippen LogP contribution in [0.4, 0.5) is 0 Å². The van der Waals surface area contributed by atoms with E-state index < -0.39 is 0 Å². The summed E-state index contributed by atoms with van der Waals surface area (Å²) in [5, 5.41) is 1.19. The fourth-order valence-corrected chi connectivity index (χ4v) is 5.05. The van der Waals surface area contributed by atoms with E-state index in [1.54, 1.807) is 37.2 Å². The zero-order valence-electron chi connectivity index (χ0n) is 5.94. The summed E-state index contributed by atoms with van der Waals surface area (Å²) in [6.07, 6.45) is 7.77. The van der Waals surface area contributed by atoms with Gasteiger partial charge in [0.05, 0.1) is 0 Å². The first-order valence-electron chi connectivity index (χ1n) is 4.13. The van der Waals surface area contributed by atoms with E-state index >= 15 is 0 Å². The summed E-state index contributed by atoms with van der Waals surface area (Å²) in [7, 11) is 0.915. The van der Waals surface area contributed by atoms with Gasteiger partial charge >= 0.3 is 0 Å². The van der Waals surface area contributed by atoms with Gasteiger partial charge in [-0.3, -0.25) is 0 Å². The van der Waals surface area contributed by atoms with Crippen LogP contribution in [0.25, 0.3) is 0 Å². The minimum absolute atomic E-state index is 0.915. The normalized spacial score (nSPS) is 42.7. The average Bonchev–Trinajstić information content (AvgIpc) is 2.33. The summed E-state index contributed by atoms with van der Waals surface area (Å²) in [5.74, 6) is 3.18. The zero-order valence-corrected chi connectivity index (χ0v) is 6.75. The summed E-state index contributed by atoms with van der Waals surface area (Å²) < 4.78 is 0. The van der Waals surface area contributed by atoms with Gasteiger partial charge in [0.25, 0.3) is 0 Å². The molecule has 2 aliphatic rings. The third kappa shape index (κ3) is 1.12. The molecule has 0 radical (unpaired) electrons. The van der Waals surface area contributed by atoms with E-state index in [0.29, 0.717) is 0 Å². The number of hydrogen-bond donors (Lipinski definition) is 0. The Bertz CT molecular complexity index is 88.7. The van der Waals surface area contributed by atoms with Crippen molar-refractivity contribution in [3.8, 4) is 0 Å². The van der Waals surface area contributed by atoms with Gasteiger partial charge in [0.15, 0.2) is 0 Å². The highest BCUT2D eigenvalue weighted by atomic mass is 32.2. The summed E-state index contributed by atoms with van der Waals surface area (Å²) in [4.78, 5) is 0. The van der Waals surface area contributed by atoms with Gasteiger partial charge in [-0.05, 0) is 43.0 Å². The summed E-state index contributed by atoms with van der Waals surface area (Å²) >= 11 is 0. The van der Waals surface area contributed by atoms with Crippen molar-refractivity contribution in [3.05, 3.63) is 0 Å². The molecular formula is C8H15S+. The summed E-state index contributed by atoms with van der Waals surface area (Å²) in [6.45, 7) is 0. The molecule has 0 amide bonds. The lowest BCUT2D eigenvalue weighted by Gasteiger charge is -2.16. The average molecular weight is 143 g/mol. The molecule has 0 aromatic heterocycles. The van der Waals surface area contributed by atoms with Crippen LogP contribution in [0, 0.1) is 0 Å². The van der Waals surface area contributed by atoms with Gasteiger partial charge in [-0.25, -0.2) is 0 Å². The molecule has 2 heterocycles. The number of fused-ring (bicyclic) bond motifs is 1. The van der Waals surface area contributed by atoms with Gasteiger partial charge in [-0.2, -0.15) is 0 Å². The molecule has 1 heteroatoms. The molecule has 0 nitrogen and oxygen atoms in total. The molecule has 0 aliphatic carbocycles. The molecule has 0 spiro atoms. The molecule has 2 fully saturated rings. The lowest BCUT2D eigenvalue weighted by Crippen LogP contribution is -2.24. The van der Waals surface area contributed by atoms with Crippen LogP contribution >= 0.6 is 0 Å². The quantitative estimate of drug-likeness (QED) is 0.455. The molecule has 9 heavy (non-hydrogen) atoms. The summed E-state index contributed by atoms with van der Waals surface area (Å²) in [5.41, 5.74) is 0. The zero-order chi connectivity index (χ0) is 6.10. The highest BCUT2D eigenvalue weighted by molar-refractivity contribution is 7.97. The Labute approximate surface area is 60.4 Å². The van der Waals surface area contributed by atoms with Gasteiger partial charge in [-0.1, -0.05) is 0 Å². The third-order valence-electron chi connectivity index (χ3n) is 2.59. The van der Waals surface area contributed by atoms with Crippen LogP contribution < -0.4 is 0 Å². The van der Waals surface area contributed by atoms with Crippen LogP contribution in [-0.4, -0.2) is 16.8 Å². The highest BCUT2D eigenvalue weighted by Gasteiger charge is 2.37. The molecule has 2 aliphatic heterocycles. The molecule has 0 N–H and O–H groups in total. The van der Waals surface area contributed by atoms with Crippen molar-refractivity contribution >= 4 is 10.9 Å². The van der Waals surface area contributed by atoms with Crippen LogP contribution in [0.3, 0.4) is 0 Å². The second-order valence-corrected chi connectivity index (χ2v) is 5.76. The fraction of sp³-hybridized carbons (Fsp3) is 1.00. The maximum Gasteiger partial charge on any atom is 0.118 e. The molecule has 2 atom stereocenters. The fourth-order valence-electron chi connectivity index (χ4n) is 2.07. The first-order chi connectivity index (χ1) is 4.47. The van der Waals surface area contributed by atoms with Crippen molar-refractivity contribution < 1.29 is 0 Å². The van der Waals surface area contributed by atoms with Crippen molar-refractivity contribution in [3.63, 3.8) is 0 Å². The Morgan fingerprint density at radius 3 is 2.56 bits per heavy atom. The van der Waals surface area contributed by atoms with E-state index in [0.717, 1.165) is 10.9 Å². The Balaban J connectivity index is 1.97. The van der Waals surface area contributed by atoms with Crippen molar-refractivity contribution in [2.24, 2.45) is 0 Å². The van der Waals surface area contributed by atoms with E-state index in [1.807, 2.05) is 0 Å².